The van der Waals surface area contributed by atoms with E-state index in [0.29, 0.717) is 5.92 Å². The first-order chi connectivity index (χ1) is 14.1. The van der Waals surface area contributed by atoms with Crippen LogP contribution in [0.25, 0.3) is 11.1 Å². The van der Waals surface area contributed by atoms with E-state index in [1.54, 1.807) is 0 Å². The van der Waals surface area contributed by atoms with Gasteiger partial charge in [-0.3, -0.25) is 4.79 Å². The van der Waals surface area contributed by atoms with E-state index in [4.69, 9.17) is 10.00 Å². The Morgan fingerprint density at radius 2 is 2.00 bits per heavy atom. The van der Waals surface area contributed by atoms with Crippen LogP contribution in [0.5, 0.6) is 5.75 Å². The summed E-state index contributed by atoms with van der Waals surface area (Å²) < 4.78 is 6.09. The summed E-state index contributed by atoms with van der Waals surface area (Å²) in [4.78, 5) is 12.6. The fraction of sp³-hybridized carbons (Fsp3) is 0.417. The van der Waals surface area contributed by atoms with Crippen molar-refractivity contribution in [1.82, 2.24) is 10.6 Å². The summed E-state index contributed by atoms with van der Waals surface area (Å²) in [5, 5.41) is 14.8. The molecule has 1 aliphatic rings. The van der Waals surface area contributed by atoms with Gasteiger partial charge in [0.05, 0.1) is 12.0 Å². The molecule has 5 nitrogen and oxygen atoms in total. The zero-order valence-electron chi connectivity index (χ0n) is 17.2. The molecule has 0 saturated carbocycles. The molecule has 0 spiro atoms. The van der Waals surface area contributed by atoms with E-state index in [1.165, 1.54) is 0 Å². The molecule has 0 aliphatic carbocycles. The number of nitrogens with zero attached hydrogens (tertiary/aromatic N) is 1. The number of hydrogen-bond acceptors (Lipinski definition) is 4. The van der Waals surface area contributed by atoms with Crippen molar-refractivity contribution < 1.29 is 9.53 Å². The summed E-state index contributed by atoms with van der Waals surface area (Å²) in [6.07, 6.45) is 1.98. The Balaban J connectivity index is 1.83. The van der Waals surface area contributed by atoms with Crippen molar-refractivity contribution in [2.45, 2.75) is 38.7 Å². The number of nitrogens with one attached hydrogen (secondary N) is 2. The lowest BCUT2D eigenvalue weighted by Crippen LogP contribution is -2.30. The number of nitriles is 1. The van der Waals surface area contributed by atoms with Crippen LogP contribution in [-0.2, 0) is 4.79 Å². The van der Waals surface area contributed by atoms with Crippen LogP contribution in [0.1, 0.15) is 38.2 Å². The highest BCUT2D eigenvalue weighted by Gasteiger charge is 2.22. The summed E-state index contributed by atoms with van der Waals surface area (Å²) in [6.45, 7) is 6.12. The molecule has 2 unspecified atom stereocenters. The Bertz CT molecular complexity index is 866. The predicted octanol–water partition coefficient (Wildman–Crippen LogP) is 3.86. The number of rotatable bonds is 8. The normalized spacial score (nSPS) is 17.0. The number of ether oxygens (including phenoxy) is 1. The summed E-state index contributed by atoms with van der Waals surface area (Å²) in [5.41, 5.74) is 3.09. The summed E-state index contributed by atoms with van der Waals surface area (Å²) in [7, 11) is 0. The Hall–Kier alpha value is -2.84. The maximum absolute atomic E-state index is 12.6. The minimum Gasteiger partial charge on any atom is -0.489 e. The molecule has 0 bridgehead atoms. The van der Waals surface area contributed by atoms with Gasteiger partial charge in [0.2, 0.25) is 5.91 Å². The third kappa shape index (κ3) is 5.82. The van der Waals surface area contributed by atoms with Gasteiger partial charge in [0.25, 0.3) is 0 Å². The minimum atomic E-state index is -0.271. The first-order valence-electron chi connectivity index (χ1n) is 10.3. The summed E-state index contributed by atoms with van der Waals surface area (Å²) in [5.74, 6) is 0.871. The standard InChI is InChI=1S/C24H29N3O2/c1-17(2)13-23(24(28)27-12-10-25)20-7-3-5-18(14-20)19-6-4-8-21(15-19)29-22-9-11-26-16-22/h3-8,14-15,17,22-23,26H,9,11-13,16H2,1-2H3,(H,27,28). The van der Waals surface area contributed by atoms with Gasteiger partial charge in [-0.15, -0.1) is 0 Å². The fourth-order valence-corrected chi connectivity index (χ4v) is 3.72. The van der Waals surface area contributed by atoms with Crippen molar-refractivity contribution in [3.05, 3.63) is 54.1 Å². The number of benzene rings is 2. The van der Waals surface area contributed by atoms with Gasteiger partial charge >= 0.3 is 0 Å². The molecule has 5 heteroatoms. The molecule has 1 aliphatic heterocycles. The van der Waals surface area contributed by atoms with Gasteiger partial charge in [-0.25, -0.2) is 0 Å². The number of hydrogen-bond donors (Lipinski definition) is 2. The maximum atomic E-state index is 12.6. The zero-order chi connectivity index (χ0) is 20.6. The van der Waals surface area contributed by atoms with Gasteiger partial charge in [-0.05, 0) is 54.1 Å². The molecule has 2 atom stereocenters. The van der Waals surface area contributed by atoms with Crippen LogP contribution in [0, 0.1) is 17.2 Å². The molecule has 0 radical (unpaired) electrons. The summed E-state index contributed by atoms with van der Waals surface area (Å²) in [6, 6.07) is 18.2. The lowest BCUT2D eigenvalue weighted by molar-refractivity contribution is -0.122. The van der Waals surface area contributed by atoms with Gasteiger partial charge < -0.3 is 15.4 Å². The van der Waals surface area contributed by atoms with Gasteiger partial charge in [-0.1, -0.05) is 50.2 Å². The Morgan fingerprint density at radius 3 is 2.69 bits per heavy atom. The first-order valence-corrected chi connectivity index (χ1v) is 10.3. The van der Waals surface area contributed by atoms with E-state index in [-0.39, 0.29) is 24.5 Å². The molecule has 0 aromatic heterocycles. The van der Waals surface area contributed by atoms with Crippen LogP contribution in [0.2, 0.25) is 0 Å². The second-order valence-corrected chi connectivity index (χ2v) is 7.94. The molecule has 1 heterocycles. The van der Waals surface area contributed by atoms with Crippen LogP contribution in [-0.4, -0.2) is 31.6 Å². The van der Waals surface area contributed by atoms with Crippen molar-refractivity contribution in [1.29, 1.82) is 5.26 Å². The average Bonchev–Trinajstić information content (AvgIpc) is 3.23. The third-order valence-corrected chi connectivity index (χ3v) is 5.14. The molecule has 1 saturated heterocycles. The fourth-order valence-electron chi connectivity index (χ4n) is 3.72. The number of carbonyl (C=O) groups excluding carboxylic acids is 1. The van der Waals surface area contributed by atoms with Crippen LogP contribution in [0.3, 0.4) is 0 Å². The zero-order valence-corrected chi connectivity index (χ0v) is 17.2. The topological polar surface area (TPSA) is 74.2 Å². The van der Waals surface area contributed by atoms with Crippen LogP contribution in [0.4, 0.5) is 0 Å². The molecule has 2 N–H and O–H groups in total. The molecule has 1 fully saturated rings. The number of carbonyl (C=O) groups is 1. The molecular formula is C24H29N3O2. The van der Waals surface area contributed by atoms with E-state index in [9.17, 15) is 4.79 Å². The van der Waals surface area contributed by atoms with Crippen molar-refractivity contribution >= 4 is 5.91 Å². The quantitative estimate of drug-likeness (QED) is 0.670. The van der Waals surface area contributed by atoms with Crippen LogP contribution < -0.4 is 15.4 Å². The largest absolute Gasteiger partial charge is 0.489 e. The maximum Gasteiger partial charge on any atom is 0.228 e. The van der Waals surface area contributed by atoms with Gasteiger partial charge in [0, 0.05) is 6.54 Å². The molecule has 2 aromatic carbocycles. The second kappa shape index (κ2) is 10.1. The SMILES string of the molecule is CC(C)CC(C(=O)NCC#N)c1cccc(-c2cccc(OC3CCNC3)c2)c1. The van der Waals surface area contributed by atoms with Crippen LogP contribution in [0.15, 0.2) is 48.5 Å². The Kier molecular flexibility index (Phi) is 7.26. The number of amides is 1. The summed E-state index contributed by atoms with van der Waals surface area (Å²) >= 11 is 0. The molecular weight excluding hydrogens is 362 g/mol. The predicted molar refractivity (Wildman–Crippen MR) is 115 cm³/mol. The molecule has 2 aromatic rings. The van der Waals surface area contributed by atoms with E-state index >= 15 is 0 Å². The lowest BCUT2D eigenvalue weighted by Gasteiger charge is -2.19. The van der Waals surface area contributed by atoms with E-state index < -0.39 is 0 Å². The first kappa shape index (κ1) is 20.9. The third-order valence-electron chi connectivity index (χ3n) is 5.14. The van der Waals surface area contributed by atoms with E-state index in [0.717, 1.165) is 48.4 Å². The highest BCUT2D eigenvalue weighted by molar-refractivity contribution is 5.84. The highest BCUT2D eigenvalue weighted by Crippen LogP contribution is 2.30. The van der Waals surface area contributed by atoms with Gasteiger partial charge in [0.1, 0.15) is 18.4 Å². The smallest absolute Gasteiger partial charge is 0.228 e. The average molecular weight is 392 g/mol. The molecule has 1 amide bonds. The minimum absolute atomic E-state index is 0.0303. The van der Waals surface area contributed by atoms with Crippen molar-refractivity contribution in [2.24, 2.45) is 5.92 Å². The van der Waals surface area contributed by atoms with Crippen molar-refractivity contribution in [2.75, 3.05) is 19.6 Å². The van der Waals surface area contributed by atoms with Crippen molar-refractivity contribution in [3.8, 4) is 22.9 Å². The highest BCUT2D eigenvalue weighted by atomic mass is 16.5. The molecule has 3 rings (SSSR count). The molecule has 29 heavy (non-hydrogen) atoms. The van der Waals surface area contributed by atoms with Gasteiger partial charge in [-0.2, -0.15) is 5.26 Å². The van der Waals surface area contributed by atoms with Crippen LogP contribution >= 0.6 is 0 Å². The second-order valence-electron chi connectivity index (χ2n) is 7.94. The Morgan fingerprint density at radius 1 is 1.24 bits per heavy atom. The van der Waals surface area contributed by atoms with Gasteiger partial charge in [0.15, 0.2) is 0 Å². The Labute approximate surface area is 173 Å². The monoisotopic (exact) mass is 391 g/mol. The van der Waals surface area contributed by atoms with E-state index in [1.807, 2.05) is 30.3 Å². The van der Waals surface area contributed by atoms with Crippen molar-refractivity contribution in [3.63, 3.8) is 0 Å². The lowest BCUT2D eigenvalue weighted by atomic mass is 9.88. The van der Waals surface area contributed by atoms with E-state index in [2.05, 4.69) is 48.7 Å². The molecule has 152 valence electrons.